The van der Waals surface area contributed by atoms with Gasteiger partial charge in [0.25, 0.3) is 0 Å². The predicted molar refractivity (Wildman–Crippen MR) is 68.5 cm³/mol. The van der Waals surface area contributed by atoms with Crippen molar-refractivity contribution in [1.82, 2.24) is 0 Å². The standard InChI is InChI=1S/C14H16S/c1-3-5-12-7-8-13(11(2)10-12)14-6-4-9-15-14/h4,6-10H,3,5H2,1-2H3. The monoisotopic (exact) mass is 216 g/mol. The summed E-state index contributed by atoms with van der Waals surface area (Å²) < 4.78 is 0. The molecule has 0 aliphatic rings. The maximum atomic E-state index is 2.32. The van der Waals surface area contributed by atoms with Crippen molar-refractivity contribution in [3.8, 4) is 10.4 Å². The molecular formula is C14H16S. The van der Waals surface area contributed by atoms with Gasteiger partial charge in [0.1, 0.15) is 0 Å². The van der Waals surface area contributed by atoms with Crippen molar-refractivity contribution in [3.63, 3.8) is 0 Å². The van der Waals surface area contributed by atoms with Gasteiger partial charge in [0.2, 0.25) is 0 Å². The smallest absolute Gasteiger partial charge is 0.0345 e. The lowest BCUT2D eigenvalue weighted by atomic mass is 10.0. The molecule has 0 saturated heterocycles. The molecule has 0 fully saturated rings. The molecule has 15 heavy (non-hydrogen) atoms. The summed E-state index contributed by atoms with van der Waals surface area (Å²) >= 11 is 1.81. The third-order valence-electron chi connectivity index (χ3n) is 2.62. The van der Waals surface area contributed by atoms with Crippen molar-refractivity contribution in [3.05, 3.63) is 46.8 Å². The number of benzene rings is 1. The summed E-state index contributed by atoms with van der Waals surface area (Å²) in [4.78, 5) is 1.37. The van der Waals surface area contributed by atoms with Crippen LogP contribution in [0, 0.1) is 6.92 Å². The van der Waals surface area contributed by atoms with Gasteiger partial charge in [-0.25, -0.2) is 0 Å². The molecule has 0 amide bonds. The van der Waals surface area contributed by atoms with E-state index in [1.54, 1.807) is 0 Å². The molecule has 0 aliphatic carbocycles. The minimum absolute atomic E-state index is 1.19. The maximum Gasteiger partial charge on any atom is 0.0345 e. The van der Waals surface area contributed by atoms with Crippen LogP contribution in [0.15, 0.2) is 35.7 Å². The first-order valence-electron chi connectivity index (χ1n) is 5.44. The van der Waals surface area contributed by atoms with E-state index in [2.05, 4.69) is 49.6 Å². The third-order valence-corrected chi connectivity index (χ3v) is 3.52. The summed E-state index contributed by atoms with van der Waals surface area (Å²) in [6, 6.07) is 11.1. The molecule has 0 radical (unpaired) electrons. The molecule has 2 aromatic rings. The van der Waals surface area contributed by atoms with Crippen LogP contribution in [0.5, 0.6) is 0 Å². The average molecular weight is 216 g/mol. The number of thiophene rings is 1. The zero-order valence-electron chi connectivity index (χ0n) is 9.29. The van der Waals surface area contributed by atoms with Crippen molar-refractivity contribution < 1.29 is 0 Å². The molecule has 1 heterocycles. The molecule has 1 aromatic heterocycles. The number of rotatable bonds is 3. The lowest BCUT2D eigenvalue weighted by molar-refractivity contribution is 0.920. The van der Waals surface area contributed by atoms with Crippen LogP contribution in [0.1, 0.15) is 24.5 Å². The second kappa shape index (κ2) is 4.63. The van der Waals surface area contributed by atoms with Gasteiger partial charge in [-0.2, -0.15) is 0 Å². The Morgan fingerprint density at radius 3 is 2.67 bits per heavy atom. The molecule has 1 aromatic carbocycles. The van der Waals surface area contributed by atoms with Crippen molar-refractivity contribution in [1.29, 1.82) is 0 Å². The van der Waals surface area contributed by atoms with Crippen LogP contribution in [0.4, 0.5) is 0 Å². The Kier molecular flexibility index (Phi) is 3.22. The molecule has 0 aliphatic heterocycles. The van der Waals surface area contributed by atoms with Gasteiger partial charge in [0, 0.05) is 4.88 Å². The quantitative estimate of drug-likeness (QED) is 0.699. The fourth-order valence-corrected chi connectivity index (χ4v) is 2.70. The zero-order chi connectivity index (χ0) is 10.7. The van der Waals surface area contributed by atoms with Crippen LogP contribution < -0.4 is 0 Å². The Balaban J connectivity index is 2.35. The maximum absolute atomic E-state index is 2.32. The molecule has 1 heteroatoms. The molecule has 0 atom stereocenters. The van der Waals surface area contributed by atoms with Gasteiger partial charge in [-0.3, -0.25) is 0 Å². The van der Waals surface area contributed by atoms with Crippen LogP contribution in [-0.4, -0.2) is 0 Å². The summed E-state index contributed by atoms with van der Waals surface area (Å²) in [7, 11) is 0. The summed E-state index contributed by atoms with van der Waals surface area (Å²) in [6.45, 7) is 4.43. The Bertz CT molecular complexity index is 427. The summed E-state index contributed by atoms with van der Waals surface area (Å²) in [6.07, 6.45) is 2.41. The molecular weight excluding hydrogens is 200 g/mol. The first-order valence-corrected chi connectivity index (χ1v) is 6.32. The van der Waals surface area contributed by atoms with E-state index in [1.165, 1.54) is 34.4 Å². The van der Waals surface area contributed by atoms with E-state index in [9.17, 15) is 0 Å². The molecule has 0 nitrogen and oxygen atoms in total. The van der Waals surface area contributed by atoms with E-state index in [-0.39, 0.29) is 0 Å². The van der Waals surface area contributed by atoms with Crippen molar-refractivity contribution in [2.24, 2.45) is 0 Å². The first kappa shape index (κ1) is 10.4. The van der Waals surface area contributed by atoms with E-state index in [0.717, 1.165) is 0 Å². The molecule has 0 saturated carbocycles. The minimum atomic E-state index is 1.19. The van der Waals surface area contributed by atoms with Gasteiger partial charge < -0.3 is 0 Å². The average Bonchev–Trinajstić information content (AvgIpc) is 2.71. The van der Waals surface area contributed by atoms with Crippen molar-refractivity contribution in [2.75, 3.05) is 0 Å². The number of hydrogen-bond acceptors (Lipinski definition) is 1. The van der Waals surface area contributed by atoms with E-state index in [1.807, 2.05) is 11.3 Å². The Morgan fingerprint density at radius 2 is 2.07 bits per heavy atom. The zero-order valence-corrected chi connectivity index (χ0v) is 10.1. The highest BCUT2D eigenvalue weighted by atomic mass is 32.1. The molecule has 0 unspecified atom stereocenters. The summed E-state index contributed by atoms with van der Waals surface area (Å²) in [5, 5.41) is 2.13. The largest absolute Gasteiger partial charge is 0.144 e. The van der Waals surface area contributed by atoms with Gasteiger partial charge >= 0.3 is 0 Å². The van der Waals surface area contributed by atoms with E-state index >= 15 is 0 Å². The van der Waals surface area contributed by atoms with E-state index in [4.69, 9.17) is 0 Å². The SMILES string of the molecule is CCCc1ccc(-c2cccs2)c(C)c1. The molecule has 0 bridgehead atoms. The minimum Gasteiger partial charge on any atom is -0.144 e. The molecule has 0 N–H and O–H groups in total. The van der Waals surface area contributed by atoms with E-state index in [0.29, 0.717) is 0 Å². The van der Waals surface area contributed by atoms with Gasteiger partial charge in [-0.1, -0.05) is 37.6 Å². The third kappa shape index (κ3) is 2.29. The highest BCUT2D eigenvalue weighted by Gasteiger charge is 2.03. The normalized spacial score (nSPS) is 10.5. The van der Waals surface area contributed by atoms with Crippen LogP contribution in [0.2, 0.25) is 0 Å². The molecule has 78 valence electrons. The number of aryl methyl sites for hydroxylation is 2. The summed E-state index contributed by atoms with van der Waals surface area (Å²) in [5.41, 5.74) is 4.23. The second-order valence-electron chi connectivity index (χ2n) is 3.88. The Labute approximate surface area is 95.6 Å². The molecule has 0 spiro atoms. The fourth-order valence-electron chi connectivity index (χ4n) is 1.88. The van der Waals surface area contributed by atoms with Crippen LogP contribution in [0.3, 0.4) is 0 Å². The van der Waals surface area contributed by atoms with Crippen molar-refractivity contribution >= 4 is 11.3 Å². The topological polar surface area (TPSA) is 0 Å². The summed E-state index contributed by atoms with van der Waals surface area (Å²) in [5.74, 6) is 0. The van der Waals surface area contributed by atoms with Gasteiger partial charge in [0.05, 0.1) is 0 Å². The highest BCUT2D eigenvalue weighted by molar-refractivity contribution is 7.13. The van der Waals surface area contributed by atoms with Crippen LogP contribution >= 0.6 is 11.3 Å². The Morgan fingerprint density at radius 1 is 1.20 bits per heavy atom. The van der Waals surface area contributed by atoms with Crippen molar-refractivity contribution in [2.45, 2.75) is 26.7 Å². The predicted octanol–water partition coefficient (Wildman–Crippen LogP) is 4.68. The van der Waals surface area contributed by atoms with Gasteiger partial charge in [-0.15, -0.1) is 11.3 Å². The first-order chi connectivity index (χ1) is 7.31. The van der Waals surface area contributed by atoms with Crippen LogP contribution in [-0.2, 0) is 6.42 Å². The van der Waals surface area contributed by atoms with Gasteiger partial charge in [-0.05, 0) is 41.5 Å². The molecule has 2 rings (SSSR count). The Hall–Kier alpha value is -1.08. The fraction of sp³-hybridized carbons (Fsp3) is 0.286. The highest BCUT2D eigenvalue weighted by Crippen LogP contribution is 2.28. The van der Waals surface area contributed by atoms with Crippen LogP contribution in [0.25, 0.3) is 10.4 Å². The lowest BCUT2D eigenvalue weighted by Crippen LogP contribution is -1.86. The van der Waals surface area contributed by atoms with E-state index < -0.39 is 0 Å². The lowest BCUT2D eigenvalue weighted by Gasteiger charge is -2.06. The second-order valence-corrected chi connectivity index (χ2v) is 4.82. The number of hydrogen-bond donors (Lipinski definition) is 0. The van der Waals surface area contributed by atoms with Gasteiger partial charge in [0.15, 0.2) is 0 Å².